The van der Waals surface area contributed by atoms with Gasteiger partial charge in [0, 0.05) is 13.2 Å². The fraction of sp³-hybridized carbons (Fsp3) is 0.273. The van der Waals surface area contributed by atoms with E-state index in [1.165, 1.54) is 6.08 Å². The summed E-state index contributed by atoms with van der Waals surface area (Å²) >= 11 is 0. The van der Waals surface area contributed by atoms with Crippen molar-refractivity contribution < 1.29 is 14.4 Å². The first-order chi connectivity index (χ1) is 7.72. The molecule has 0 bridgehead atoms. The van der Waals surface area contributed by atoms with Gasteiger partial charge in [-0.1, -0.05) is 12.1 Å². The van der Waals surface area contributed by atoms with Gasteiger partial charge >= 0.3 is 0 Å². The van der Waals surface area contributed by atoms with Gasteiger partial charge in [-0.25, -0.2) is 0 Å². The van der Waals surface area contributed by atoms with E-state index < -0.39 is 4.92 Å². The van der Waals surface area contributed by atoms with Crippen molar-refractivity contribution >= 4 is 6.08 Å². The van der Waals surface area contributed by atoms with Gasteiger partial charge in [0.1, 0.15) is 12.4 Å². The summed E-state index contributed by atoms with van der Waals surface area (Å²) in [4.78, 5) is 9.60. The van der Waals surface area contributed by atoms with Crippen molar-refractivity contribution in [3.63, 3.8) is 0 Å². The van der Waals surface area contributed by atoms with Crippen LogP contribution in [0.2, 0.25) is 0 Å². The van der Waals surface area contributed by atoms with Gasteiger partial charge in [0.05, 0.1) is 11.5 Å². The minimum absolute atomic E-state index is 0.487. The number of rotatable bonds is 6. The Balaban J connectivity index is 2.51. The molecule has 0 aliphatic heterocycles. The highest BCUT2D eigenvalue weighted by Gasteiger charge is 1.94. The number of nitro groups is 1. The Hall–Kier alpha value is -1.88. The molecule has 1 aromatic carbocycles. The number of hydrogen-bond acceptors (Lipinski definition) is 4. The van der Waals surface area contributed by atoms with Crippen molar-refractivity contribution in [1.82, 2.24) is 0 Å². The lowest BCUT2D eigenvalue weighted by atomic mass is 10.2. The number of hydrogen-bond donors (Lipinski definition) is 0. The molecule has 0 amide bonds. The summed E-state index contributed by atoms with van der Waals surface area (Å²) < 4.78 is 10.2. The molecule has 0 spiro atoms. The molecule has 0 saturated carbocycles. The van der Waals surface area contributed by atoms with E-state index in [-0.39, 0.29) is 0 Å². The Morgan fingerprint density at radius 2 is 2.00 bits per heavy atom. The zero-order chi connectivity index (χ0) is 11.8. The molecule has 5 nitrogen and oxygen atoms in total. The van der Waals surface area contributed by atoms with E-state index in [1.807, 2.05) is 0 Å². The van der Waals surface area contributed by atoms with Crippen LogP contribution in [0.5, 0.6) is 5.75 Å². The van der Waals surface area contributed by atoms with Crippen molar-refractivity contribution in [1.29, 1.82) is 0 Å². The molecule has 0 N–H and O–H groups in total. The zero-order valence-electron chi connectivity index (χ0n) is 8.96. The molecule has 86 valence electrons. The summed E-state index contributed by atoms with van der Waals surface area (Å²) in [5, 5.41) is 10.1. The zero-order valence-corrected chi connectivity index (χ0v) is 8.96. The van der Waals surface area contributed by atoms with Gasteiger partial charge in [-0.05, 0) is 17.7 Å². The van der Waals surface area contributed by atoms with Crippen molar-refractivity contribution in [2.75, 3.05) is 20.3 Å². The summed E-state index contributed by atoms with van der Waals surface area (Å²) in [6.07, 6.45) is 2.33. The number of benzene rings is 1. The van der Waals surface area contributed by atoms with Crippen LogP contribution in [-0.2, 0) is 4.74 Å². The summed E-state index contributed by atoms with van der Waals surface area (Å²) in [7, 11) is 1.61. The molecule has 0 aliphatic carbocycles. The average Bonchev–Trinajstić information content (AvgIpc) is 2.28. The van der Waals surface area contributed by atoms with Crippen molar-refractivity contribution in [2.24, 2.45) is 0 Å². The molecule has 0 aliphatic rings. The standard InChI is InChI=1S/C11H13NO4/c1-15-8-9-16-11-4-2-10(3-5-11)6-7-12(13)14/h2-7H,8-9H2,1H3/b7-6+. The highest BCUT2D eigenvalue weighted by molar-refractivity contribution is 5.49. The van der Waals surface area contributed by atoms with Gasteiger partial charge < -0.3 is 9.47 Å². The molecule has 0 radical (unpaired) electrons. The molecule has 0 unspecified atom stereocenters. The Kier molecular flexibility index (Phi) is 5.01. The van der Waals surface area contributed by atoms with Gasteiger partial charge in [0.25, 0.3) is 0 Å². The van der Waals surface area contributed by atoms with Crippen LogP contribution in [0.15, 0.2) is 30.5 Å². The maximum atomic E-state index is 10.1. The minimum atomic E-state index is -0.497. The Morgan fingerprint density at radius 1 is 1.31 bits per heavy atom. The maximum absolute atomic E-state index is 10.1. The van der Waals surface area contributed by atoms with E-state index in [9.17, 15) is 10.1 Å². The normalized spacial score (nSPS) is 10.6. The van der Waals surface area contributed by atoms with Crippen LogP contribution in [0.4, 0.5) is 0 Å². The molecule has 0 saturated heterocycles. The minimum Gasteiger partial charge on any atom is -0.491 e. The van der Waals surface area contributed by atoms with Gasteiger partial charge in [0.15, 0.2) is 0 Å². The van der Waals surface area contributed by atoms with E-state index in [0.29, 0.717) is 13.2 Å². The molecular weight excluding hydrogens is 210 g/mol. The summed E-state index contributed by atoms with van der Waals surface area (Å²) in [6, 6.07) is 7.02. The van der Waals surface area contributed by atoms with E-state index in [1.54, 1.807) is 31.4 Å². The average molecular weight is 223 g/mol. The third-order valence-electron chi connectivity index (χ3n) is 1.82. The van der Waals surface area contributed by atoms with E-state index in [4.69, 9.17) is 9.47 Å². The Morgan fingerprint density at radius 3 is 2.56 bits per heavy atom. The first kappa shape index (κ1) is 12.2. The van der Waals surface area contributed by atoms with Gasteiger partial charge in [-0.3, -0.25) is 10.1 Å². The first-order valence-electron chi connectivity index (χ1n) is 4.76. The maximum Gasteiger partial charge on any atom is 0.235 e. The lowest BCUT2D eigenvalue weighted by Gasteiger charge is -2.04. The predicted octanol–water partition coefficient (Wildman–Crippen LogP) is 1.96. The van der Waals surface area contributed by atoms with E-state index >= 15 is 0 Å². The molecule has 0 atom stereocenters. The highest BCUT2D eigenvalue weighted by Crippen LogP contribution is 2.12. The first-order valence-corrected chi connectivity index (χ1v) is 4.76. The number of ether oxygens (including phenoxy) is 2. The Labute approximate surface area is 93.4 Å². The topological polar surface area (TPSA) is 61.6 Å². The number of nitrogens with zero attached hydrogens (tertiary/aromatic N) is 1. The summed E-state index contributed by atoms with van der Waals surface area (Å²) in [5.74, 6) is 0.718. The number of methoxy groups -OCH3 is 1. The van der Waals surface area contributed by atoms with Crippen LogP contribution < -0.4 is 4.74 Å². The van der Waals surface area contributed by atoms with E-state index in [0.717, 1.165) is 17.5 Å². The fourth-order valence-corrected chi connectivity index (χ4v) is 1.06. The smallest absolute Gasteiger partial charge is 0.235 e. The molecule has 5 heteroatoms. The molecule has 0 aromatic heterocycles. The largest absolute Gasteiger partial charge is 0.491 e. The molecular formula is C11H13NO4. The second-order valence-electron chi connectivity index (χ2n) is 3.01. The van der Waals surface area contributed by atoms with Crippen LogP contribution in [0.3, 0.4) is 0 Å². The van der Waals surface area contributed by atoms with Crippen LogP contribution in [-0.4, -0.2) is 25.2 Å². The van der Waals surface area contributed by atoms with Crippen molar-refractivity contribution in [3.05, 3.63) is 46.1 Å². The van der Waals surface area contributed by atoms with Crippen LogP contribution in [0, 0.1) is 10.1 Å². The quantitative estimate of drug-likeness (QED) is 0.420. The monoisotopic (exact) mass is 223 g/mol. The van der Waals surface area contributed by atoms with Crippen LogP contribution in [0.25, 0.3) is 6.08 Å². The lowest BCUT2D eigenvalue weighted by Crippen LogP contribution is -2.03. The van der Waals surface area contributed by atoms with Gasteiger partial charge in [-0.15, -0.1) is 0 Å². The highest BCUT2D eigenvalue weighted by atomic mass is 16.6. The molecule has 16 heavy (non-hydrogen) atoms. The van der Waals surface area contributed by atoms with Crippen LogP contribution in [0.1, 0.15) is 5.56 Å². The van der Waals surface area contributed by atoms with Crippen LogP contribution >= 0.6 is 0 Å². The summed E-state index contributed by atoms with van der Waals surface area (Å²) in [5.41, 5.74) is 0.760. The Bertz CT molecular complexity index is 359. The van der Waals surface area contributed by atoms with Crippen molar-refractivity contribution in [2.45, 2.75) is 0 Å². The molecule has 1 rings (SSSR count). The summed E-state index contributed by atoms with van der Waals surface area (Å²) in [6.45, 7) is 1.02. The van der Waals surface area contributed by atoms with Gasteiger partial charge in [-0.2, -0.15) is 0 Å². The SMILES string of the molecule is COCCOc1ccc(/C=C/[N+](=O)[O-])cc1. The van der Waals surface area contributed by atoms with E-state index in [2.05, 4.69) is 0 Å². The second kappa shape index (κ2) is 6.58. The fourth-order valence-electron chi connectivity index (χ4n) is 1.06. The van der Waals surface area contributed by atoms with Crippen molar-refractivity contribution in [3.8, 4) is 5.75 Å². The molecule has 0 fully saturated rings. The second-order valence-corrected chi connectivity index (χ2v) is 3.01. The third kappa shape index (κ3) is 4.56. The third-order valence-corrected chi connectivity index (χ3v) is 1.82. The molecule has 0 heterocycles. The van der Waals surface area contributed by atoms with Gasteiger partial charge in [0.2, 0.25) is 6.20 Å². The predicted molar refractivity (Wildman–Crippen MR) is 59.8 cm³/mol. The molecule has 1 aromatic rings. The lowest BCUT2D eigenvalue weighted by molar-refractivity contribution is -0.400.